The summed E-state index contributed by atoms with van der Waals surface area (Å²) >= 11 is 0. The van der Waals surface area contributed by atoms with Gasteiger partial charge in [-0.25, -0.2) is 0 Å². The number of carbonyl (C=O) groups excluding carboxylic acids is 2. The number of amides is 1. The van der Waals surface area contributed by atoms with E-state index in [1.54, 1.807) is 26.1 Å². The molecule has 0 spiro atoms. The third kappa shape index (κ3) is 2.74. The van der Waals surface area contributed by atoms with E-state index in [1.807, 2.05) is 12.1 Å². The van der Waals surface area contributed by atoms with E-state index in [1.165, 1.54) is 4.90 Å². The van der Waals surface area contributed by atoms with Gasteiger partial charge in [0.2, 0.25) is 0 Å². The maximum absolute atomic E-state index is 12.2. The maximum atomic E-state index is 12.2. The monoisotopic (exact) mass is 275 g/mol. The van der Waals surface area contributed by atoms with Gasteiger partial charge in [-0.2, -0.15) is 0 Å². The number of nitrogens with zero attached hydrogens (tertiary/aromatic N) is 1. The van der Waals surface area contributed by atoms with Gasteiger partial charge in [0.1, 0.15) is 12.2 Å². The summed E-state index contributed by atoms with van der Waals surface area (Å²) in [6.07, 6.45) is 0. The van der Waals surface area contributed by atoms with Crippen molar-refractivity contribution < 1.29 is 14.3 Å². The molecule has 3 N–H and O–H groups in total. The van der Waals surface area contributed by atoms with E-state index in [4.69, 9.17) is 10.5 Å². The second kappa shape index (κ2) is 5.64. The first-order chi connectivity index (χ1) is 9.52. The van der Waals surface area contributed by atoms with Crippen molar-refractivity contribution in [3.63, 3.8) is 0 Å². The number of nitrogens with two attached hydrogens (primary N) is 1. The number of nitrogens with one attached hydrogen (secondary N) is 1. The fourth-order valence-corrected chi connectivity index (χ4v) is 1.97. The third-order valence-corrected chi connectivity index (χ3v) is 2.94. The Hall–Kier alpha value is -2.50. The molecular weight excluding hydrogens is 258 g/mol. The number of nitrogen functional groups attached to an aromatic ring is 1. The topological polar surface area (TPSA) is 88.4 Å². The molecule has 1 heterocycles. The number of benzene rings is 1. The van der Waals surface area contributed by atoms with Gasteiger partial charge in [0.25, 0.3) is 5.91 Å². The van der Waals surface area contributed by atoms with E-state index in [9.17, 15) is 9.59 Å². The number of likely N-dealkylation sites (N-methyl/N-ethyl adjacent to an activating group) is 1. The standard InChI is InChI=1S/C14H17N3O3/c1-3-20-12(18)8-17(2)14(19)11-7-9-5-4-6-10(15)13(9)16-11/h4-7,16H,3,8,15H2,1-2H3. The summed E-state index contributed by atoms with van der Waals surface area (Å²) in [4.78, 5) is 27.9. The molecule has 6 heteroatoms. The summed E-state index contributed by atoms with van der Waals surface area (Å²) in [5.41, 5.74) is 7.53. The molecule has 0 atom stereocenters. The molecular formula is C14H17N3O3. The highest BCUT2D eigenvalue weighted by molar-refractivity contribution is 6.01. The number of rotatable bonds is 4. The van der Waals surface area contributed by atoms with Crippen molar-refractivity contribution in [2.75, 3.05) is 25.9 Å². The van der Waals surface area contributed by atoms with Crippen LogP contribution in [0, 0.1) is 0 Å². The van der Waals surface area contributed by atoms with Gasteiger partial charge >= 0.3 is 5.97 Å². The van der Waals surface area contributed by atoms with Gasteiger partial charge in [-0.15, -0.1) is 0 Å². The van der Waals surface area contributed by atoms with Crippen molar-refractivity contribution in [3.05, 3.63) is 30.0 Å². The lowest BCUT2D eigenvalue weighted by molar-refractivity contribution is -0.143. The zero-order valence-corrected chi connectivity index (χ0v) is 11.5. The van der Waals surface area contributed by atoms with Crippen molar-refractivity contribution in [3.8, 4) is 0 Å². The molecule has 1 aromatic heterocycles. The average molecular weight is 275 g/mol. The highest BCUT2D eigenvalue weighted by Gasteiger charge is 2.17. The number of aromatic nitrogens is 1. The van der Waals surface area contributed by atoms with Gasteiger partial charge in [0.05, 0.1) is 17.8 Å². The summed E-state index contributed by atoms with van der Waals surface area (Å²) in [5.74, 6) is -0.715. The molecule has 0 saturated heterocycles. The number of H-pyrrole nitrogens is 1. The van der Waals surface area contributed by atoms with E-state index in [2.05, 4.69) is 4.98 Å². The Morgan fingerprint density at radius 2 is 2.15 bits per heavy atom. The highest BCUT2D eigenvalue weighted by atomic mass is 16.5. The van der Waals surface area contributed by atoms with Crippen molar-refractivity contribution in [2.45, 2.75) is 6.92 Å². The quantitative estimate of drug-likeness (QED) is 0.652. The van der Waals surface area contributed by atoms with Crippen LogP contribution < -0.4 is 5.73 Å². The van der Waals surface area contributed by atoms with Crippen molar-refractivity contribution in [1.82, 2.24) is 9.88 Å². The highest BCUT2D eigenvalue weighted by Crippen LogP contribution is 2.21. The molecule has 0 aliphatic carbocycles. The number of anilines is 1. The Balaban J connectivity index is 2.18. The summed E-state index contributed by atoms with van der Waals surface area (Å²) in [6, 6.07) is 7.16. The van der Waals surface area contributed by atoms with Crippen LogP contribution in [0.25, 0.3) is 10.9 Å². The third-order valence-electron chi connectivity index (χ3n) is 2.94. The molecule has 20 heavy (non-hydrogen) atoms. The second-order valence-corrected chi connectivity index (χ2v) is 4.46. The first kappa shape index (κ1) is 13.9. The lowest BCUT2D eigenvalue weighted by Gasteiger charge is -2.14. The van der Waals surface area contributed by atoms with Crippen LogP contribution in [0.3, 0.4) is 0 Å². The molecule has 2 rings (SSSR count). The van der Waals surface area contributed by atoms with Crippen LogP contribution in [0.5, 0.6) is 0 Å². The number of ether oxygens (including phenoxy) is 1. The molecule has 1 aromatic carbocycles. The van der Waals surface area contributed by atoms with Crippen LogP contribution >= 0.6 is 0 Å². The molecule has 6 nitrogen and oxygen atoms in total. The van der Waals surface area contributed by atoms with Crippen LogP contribution in [-0.2, 0) is 9.53 Å². The molecule has 0 saturated carbocycles. The van der Waals surface area contributed by atoms with Crippen molar-refractivity contribution >= 4 is 28.5 Å². The van der Waals surface area contributed by atoms with Crippen molar-refractivity contribution in [2.24, 2.45) is 0 Å². The number of fused-ring (bicyclic) bond motifs is 1. The second-order valence-electron chi connectivity index (χ2n) is 4.46. The summed E-state index contributed by atoms with van der Waals surface area (Å²) in [7, 11) is 1.55. The van der Waals surface area contributed by atoms with Gasteiger partial charge in [-0.1, -0.05) is 12.1 Å². The molecule has 106 valence electrons. The number of hydrogen-bond donors (Lipinski definition) is 2. The van der Waals surface area contributed by atoms with Crippen LogP contribution in [-0.4, -0.2) is 42.0 Å². The lowest BCUT2D eigenvalue weighted by atomic mass is 10.2. The predicted octanol–water partition coefficient (Wildman–Crippen LogP) is 1.39. The SMILES string of the molecule is CCOC(=O)CN(C)C(=O)c1cc2cccc(N)c2[nH]1. The normalized spacial score (nSPS) is 10.5. The van der Waals surface area contributed by atoms with E-state index in [0.29, 0.717) is 18.0 Å². The Bertz CT molecular complexity index is 648. The minimum atomic E-state index is -0.432. The molecule has 0 unspecified atom stereocenters. The largest absolute Gasteiger partial charge is 0.465 e. The summed E-state index contributed by atoms with van der Waals surface area (Å²) in [6.45, 7) is 1.93. The predicted molar refractivity (Wildman–Crippen MR) is 76.3 cm³/mol. The van der Waals surface area contributed by atoms with Crippen molar-refractivity contribution in [1.29, 1.82) is 0 Å². The Kier molecular flexibility index (Phi) is 3.93. The Morgan fingerprint density at radius 1 is 1.40 bits per heavy atom. The maximum Gasteiger partial charge on any atom is 0.325 e. The number of para-hydroxylation sites is 1. The molecule has 0 fully saturated rings. The number of carbonyl (C=O) groups is 2. The minimum absolute atomic E-state index is 0.0858. The first-order valence-electron chi connectivity index (χ1n) is 6.31. The fraction of sp³-hybridized carbons (Fsp3) is 0.286. The van der Waals surface area contributed by atoms with Gasteiger partial charge in [0.15, 0.2) is 0 Å². The van der Waals surface area contributed by atoms with Gasteiger partial charge in [-0.3, -0.25) is 9.59 Å². The van der Waals surface area contributed by atoms with Gasteiger partial charge < -0.3 is 20.4 Å². The van der Waals surface area contributed by atoms with Gasteiger partial charge in [-0.05, 0) is 19.1 Å². The van der Waals surface area contributed by atoms with Crippen LogP contribution in [0.4, 0.5) is 5.69 Å². The van der Waals surface area contributed by atoms with Crippen LogP contribution in [0.1, 0.15) is 17.4 Å². The minimum Gasteiger partial charge on any atom is -0.465 e. The Labute approximate surface area is 116 Å². The van der Waals surface area contributed by atoms with E-state index < -0.39 is 5.97 Å². The molecule has 2 aromatic rings. The number of esters is 1. The fourth-order valence-electron chi connectivity index (χ4n) is 1.97. The zero-order chi connectivity index (χ0) is 14.7. The smallest absolute Gasteiger partial charge is 0.325 e. The molecule has 0 aliphatic rings. The first-order valence-corrected chi connectivity index (χ1v) is 6.31. The van der Waals surface area contributed by atoms with E-state index in [-0.39, 0.29) is 12.5 Å². The molecule has 1 amide bonds. The van der Waals surface area contributed by atoms with Gasteiger partial charge in [0, 0.05) is 12.4 Å². The van der Waals surface area contributed by atoms with E-state index >= 15 is 0 Å². The Morgan fingerprint density at radius 3 is 2.80 bits per heavy atom. The number of hydrogen-bond acceptors (Lipinski definition) is 4. The molecule has 0 bridgehead atoms. The molecule has 0 radical (unpaired) electrons. The van der Waals surface area contributed by atoms with Crippen LogP contribution in [0.15, 0.2) is 24.3 Å². The van der Waals surface area contributed by atoms with E-state index in [0.717, 1.165) is 10.9 Å². The van der Waals surface area contributed by atoms with Crippen LogP contribution in [0.2, 0.25) is 0 Å². The molecule has 0 aliphatic heterocycles. The summed E-state index contributed by atoms with van der Waals surface area (Å²) in [5, 5.41) is 0.859. The average Bonchev–Trinajstić information content (AvgIpc) is 2.83. The lowest BCUT2D eigenvalue weighted by Crippen LogP contribution is -2.33. The zero-order valence-electron chi connectivity index (χ0n) is 11.5. The number of aromatic amines is 1. The summed E-state index contributed by atoms with van der Waals surface area (Å²) < 4.78 is 4.81.